The van der Waals surface area contributed by atoms with E-state index in [4.69, 9.17) is 30.2 Å². The summed E-state index contributed by atoms with van der Waals surface area (Å²) >= 11 is 7.34. The standard InChI is InChI=1S/C29H25ClN2O6S/c1-5-37-28(34)25-16(2)31-29-32(26(25)18-9-11-22(35-3)23(14-18)36-4)27(33)24(39-29)15-20-10-12-21(38-20)17-7-6-8-19(30)13-17/h6-15,26H,5H2,1-4H3/t26-/m1/s1. The molecule has 2 aromatic carbocycles. The molecule has 0 fully saturated rings. The van der Waals surface area contributed by atoms with Crippen molar-refractivity contribution in [3.8, 4) is 22.8 Å². The first kappa shape index (κ1) is 26.5. The molecule has 39 heavy (non-hydrogen) atoms. The Morgan fingerprint density at radius 1 is 1.13 bits per heavy atom. The van der Waals surface area contributed by atoms with E-state index in [9.17, 15) is 9.59 Å². The van der Waals surface area contributed by atoms with Gasteiger partial charge in [-0.15, -0.1) is 0 Å². The van der Waals surface area contributed by atoms with E-state index in [0.717, 1.165) is 5.56 Å². The molecule has 0 saturated carbocycles. The smallest absolute Gasteiger partial charge is 0.338 e. The van der Waals surface area contributed by atoms with Gasteiger partial charge in [0.1, 0.15) is 11.5 Å². The van der Waals surface area contributed by atoms with Gasteiger partial charge in [0.25, 0.3) is 5.56 Å². The number of methoxy groups -OCH3 is 2. The van der Waals surface area contributed by atoms with Crippen molar-refractivity contribution in [1.29, 1.82) is 0 Å². The van der Waals surface area contributed by atoms with Gasteiger partial charge in [-0.25, -0.2) is 9.79 Å². The second-order valence-electron chi connectivity index (χ2n) is 8.63. The molecule has 0 saturated heterocycles. The number of benzene rings is 2. The Morgan fingerprint density at radius 2 is 1.92 bits per heavy atom. The van der Waals surface area contributed by atoms with Crippen molar-refractivity contribution in [2.24, 2.45) is 4.99 Å². The Hall–Kier alpha value is -4.08. The van der Waals surface area contributed by atoms with Crippen molar-refractivity contribution in [2.75, 3.05) is 20.8 Å². The largest absolute Gasteiger partial charge is 0.493 e. The third-order valence-corrected chi connectivity index (χ3v) is 7.47. The number of hydrogen-bond acceptors (Lipinski definition) is 8. The molecule has 0 bridgehead atoms. The second-order valence-corrected chi connectivity index (χ2v) is 10.1. The van der Waals surface area contributed by atoms with Crippen LogP contribution in [0, 0.1) is 0 Å². The molecule has 5 rings (SSSR count). The molecule has 4 aromatic rings. The van der Waals surface area contributed by atoms with E-state index in [-0.39, 0.29) is 17.7 Å². The number of fused-ring (bicyclic) bond motifs is 1. The molecule has 0 unspecified atom stereocenters. The highest BCUT2D eigenvalue weighted by atomic mass is 35.5. The number of hydrogen-bond donors (Lipinski definition) is 0. The summed E-state index contributed by atoms with van der Waals surface area (Å²) in [6.07, 6.45) is 1.67. The summed E-state index contributed by atoms with van der Waals surface area (Å²) in [4.78, 5) is 32.0. The van der Waals surface area contributed by atoms with Gasteiger partial charge in [0.2, 0.25) is 0 Å². The van der Waals surface area contributed by atoms with E-state index >= 15 is 0 Å². The molecular weight excluding hydrogens is 540 g/mol. The fourth-order valence-corrected chi connectivity index (χ4v) is 5.70. The average Bonchev–Trinajstić information content (AvgIpc) is 3.52. The second kappa shape index (κ2) is 11.0. The number of thiazole rings is 1. The summed E-state index contributed by atoms with van der Waals surface area (Å²) in [5.41, 5.74) is 1.92. The maximum absolute atomic E-state index is 13.8. The first-order valence-electron chi connectivity index (χ1n) is 12.1. The zero-order valence-electron chi connectivity index (χ0n) is 21.7. The Labute approximate surface area is 233 Å². The molecule has 0 radical (unpaired) electrons. The van der Waals surface area contributed by atoms with Crippen LogP contribution < -0.4 is 24.4 Å². The summed E-state index contributed by atoms with van der Waals surface area (Å²) in [6, 6.07) is 15.5. The van der Waals surface area contributed by atoms with E-state index in [1.165, 1.54) is 23.0 Å². The Bertz CT molecular complexity index is 1780. The van der Waals surface area contributed by atoms with Crippen molar-refractivity contribution in [1.82, 2.24) is 4.57 Å². The fourth-order valence-electron chi connectivity index (χ4n) is 4.49. The molecule has 1 atom stereocenters. The molecule has 8 nitrogen and oxygen atoms in total. The van der Waals surface area contributed by atoms with Gasteiger partial charge in [-0.1, -0.05) is 41.1 Å². The summed E-state index contributed by atoms with van der Waals surface area (Å²) in [7, 11) is 3.07. The van der Waals surface area contributed by atoms with Crippen molar-refractivity contribution < 1.29 is 23.4 Å². The molecule has 10 heteroatoms. The lowest BCUT2D eigenvalue weighted by atomic mass is 9.95. The van der Waals surface area contributed by atoms with Crippen LogP contribution in [0.5, 0.6) is 11.5 Å². The molecule has 0 N–H and O–H groups in total. The number of allylic oxidation sites excluding steroid dienone is 1. The minimum Gasteiger partial charge on any atom is -0.493 e. The molecule has 1 aliphatic heterocycles. The van der Waals surface area contributed by atoms with Gasteiger partial charge in [0.15, 0.2) is 16.3 Å². The number of carbonyl (C=O) groups excluding carboxylic acids is 1. The minimum absolute atomic E-state index is 0.187. The number of carbonyl (C=O) groups is 1. The van der Waals surface area contributed by atoms with E-state index in [1.807, 2.05) is 18.2 Å². The van der Waals surface area contributed by atoms with E-state index in [2.05, 4.69) is 4.99 Å². The van der Waals surface area contributed by atoms with E-state index in [1.54, 1.807) is 63.4 Å². The van der Waals surface area contributed by atoms with Crippen LogP contribution in [0.3, 0.4) is 0 Å². The highest BCUT2D eigenvalue weighted by Gasteiger charge is 2.34. The first-order valence-corrected chi connectivity index (χ1v) is 13.3. The van der Waals surface area contributed by atoms with Crippen LogP contribution in [0.1, 0.15) is 31.2 Å². The lowest BCUT2D eigenvalue weighted by Gasteiger charge is -2.25. The normalized spacial score (nSPS) is 15.1. The molecule has 0 amide bonds. The number of furan rings is 1. The average molecular weight is 565 g/mol. The quantitative estimate of drug-likeness (QED) is 0.301. The molecule has 1 aliphatic rings. The highest BCUT2D eigenvalue weighted by Crippen LogP contribution is 2.36. The van der Waals surface area contributed by atoms with Gasteiger partial charge < -0.3 is 18.6 Å². The van der Waals surface area contributed by atoms with Gasteiger partial charge in [-0.3, -0.25) is 9.36 Å². The van der Waals surface area contributed by atoms with Crippen LogP contribution in [0.4, 0.5) is 0 Å². The lowest BCUT2D eigenvalue weighted by molar-refractivity contribution is -0.139. The van der Waals surface area contributed by atoms with E-state index < -0.39 is 12.0 Å². The predicted molar refractivity (Wildman–Crippen MR) is 149 cm³/mol. The third-order valence-electron chi connectivity index (χ3n) is 6.25. The predicted octanol–water partition coefficient (Wildman–Crippen LogP) is 4.73. The number of ether oxygens (including phenoxy) is 3. The minimum atomic E-state index is -0.777. The molecular formula is C29H25ClN2O6S. The van der Waals surface area contributed by atoms with Crippen LogP contribution in [-0.4, -0.2) is 31.4 Å². The van der Waals surface area contributed by atoms with Crippen LogP contribution >= 0.6 is 22.9 Å². The monoisotopic (exact) mass is 564 g/mol. The Kier molecular flexibility index (Phi) is 7.45. The Morgan fingerprint density at radius 3 is 2.64 bits per heavy atom. The SMILES string of the molecule is CCOC(=O)C1=C(C)N=c2sc(=Cc3ccc(-c4cccc(Cl)c4)o3)c(=O)n2[C@@H]1c1ccc(OC)c(OC)c1. The molecule has 3 heterocycles. The van der Waals surface area contributed by atoms with Crippen LogP contribution in [-0.2, 0) is 9.53 Å². The van der Waals surface area contributed by atoms with Gasteiger partial charge in [-0.05, 0) is 55.8 Å². The van der Waals surface area contributed by atoms with Crippen LogP contribution in [0.15, 0.2) is 80.1 Å². The maximum atomic E-state index is 13.8. The molecule has 0 spiro atoms. The molecule has 200 valence electrons. The number of halogens is 1. The zero-order valence-corrected chi connectivity index (χ0v) is 23.3. The topological polar surface area (TPSA) is 92.3 Å². The molecule has 2 aromatic heterocycles. The van der Waals surface area contributed by atoms with Crippen molar-refractivity contribution in [3.63, 3.8) is 0 Å². The summed E-state index contributed by atoms with van der Waals surface area (Å²) in [6.45, 7) is 3.66. The van der Waals surface area contributed by atoms with Crippen molar-refractivity contribution in [3.05, 3.63) is 102 Å². The van der Waals surface area contributed by atoms with Crippen molar-refractivity contribution in [2.45, 2.75) is 19.9 Å². The van der Waals surface area contributed by atoms with Crippen molar-refractivity contribution >= 4 is 35.0 Å². The van der Waals surface area contributed by atoms with Gasteiger partial charge in [-0.2, -0.15) is 0 Å². The fraction of sp³-hybridized carbons (Fsp3) is 0.207. The van der Waals surface area contributed by atoms with Crippen LogP contribution in [0.25, 0.3) is 17.4 Å². The maximum Gasteiger partial charge on any atom is 0.338 e. The Balaban J connectivity index is 1.66. The highest BCUT2D eigenvalue weighted by molar-refractivity contribution is 7.07. The first-order chi connectivity index (χ1) is 18.8. The lowest BCUT2D eigenvalue weighted by Crippen LogP contribution is -2.39. The number of nitrogens with zero attached hydrogens (tertiary/aromatic N) is 2. The summed E-state index contributed by atoms with van der Waals surface area (Å²) in [5, 5.41) is 0.599. The summed E-state index contributed by atoms with van der Waals surface area (Å²) < 4.78 is 24.1. The summed E-state index contributed by atoms with van der Waals surface area (Å²) in [5.74, 6) is 1.59. The number of rotatable bonds is 7. The van der Waals surface area contributed by atoms with E-state index in [0.29, 0.717) is 48.6 Å². The number of esters is 1. The van der Waals surface area contributed by atoms with Gasteiger partial charge >= 0.3 is 5.97 Å². The third kappa shape index (κ3) is 5.03. The van der Waals surface area contributed by atoms with Crippen LogP contribution in [0.2, 0.25) is 5.02 Å². The zero-order chi connectivity index (χ0) is 27.7. The van der Waals surface area contributed by atoms with Gasteiger partial charge in [0, 0.05) is 16.7 Å². The van der Waals surface area contributed by atoms with Gasteiger partial charge in [0.05, 0.1) is 42.7 Å². The molecule has 0 aliphatic carbocycles. The number of aromatic nitrogens is 1.